The van der Waals surface area contributed by atoms with Crippen molar-refractivity contribution in [1.82, 2.24) is 10.6 Å². The molecular formula is C16H26N2O2S. The van der Waals surface area contributed by atoms with E-state index in [4.69, 9.17) is 4.74 Å². The Kier molecular flexibility index (Phi) is 5.79. The van der Waals surface area contributed by atoms with Crippen molar-refractivity contribution in [3.05, 3.63) is 21.4 Å². The van der Waals surface area contributed by atoms with E-state index in [1.165, 1.54) is 10.4 Å². The van der Waals surface area contributed by atoms with Crippen molar-refractivity contribution in [2.45, 2.75) is 33.1 Å². The predicted octanol–water partition coefficient (Wildman–Crippen LogP) is 2.36. The third kappa shape index (κ3) is 4.05. The standard InChI is InChI=1S/C16H26N2O2S/c1-4-13-12(2)9-14(21-13)15(19)18-10-16(11-20-3)5-7-17-8-6-16/h9,17H,4-8,10-11H2,1-3H3,(H,18,19). The van der Waals surface area contributed by atoms with Gasteiger partial charge in [0.2, 0.25) is 0 Å². The molecule has 5 heteroatoms. The van der Waals surface area contributed by atoms with E-state index >= 15 is 0 Å². The molecule has 2 rings (SSSR count). The molecule has 0 unspecified atom stereocenters. The van der Waals surface area contributed by atoms with Crippen molar-refractivity contribution in [2.75, 3.05) is 33.4 Å². The number of amides is 1. The number of carbonyl (C=O) groups excluding carboxylic acids is 1. The first-order valence-electron chi connectivity index (χ1n) is 7.67. The minimum Gasteiger partial charge on any atom is -0.384 e. The lowest BCUT2D eigenvalue weighted by Gasteiger charge is -2.37. The number of rotatable bonds is 6. The Hall–Kier alpha value is -0.910. The number of methoxy groups -OCH3 is 1. The first-order chi connectivity index (χ1) is 10.1. The molecule has 0 atom stereocenters. The third-order valence-corrected chi connectivity index (χ3v) is 5.68. The monoisotopic (exact) mass is 310 g/mol. The van der Waals surface area contributed by atoms with Gasteiger partial charge in [-0.3, -0.25) is 4.79 Å². The predicted molar refractivity (Wildman–Crippen MR) is 87.2 cm³/mol. The van der Waals surface area contributed by atoms with Crippen LogP contribution in [-0.4, -0.2) is 39.3 Å². The molecule has 21 heavy (non-hydrogen) atoms. The molecule has 1 saturated heterocycles. The number of ether oxygens (including phenoxy) is 1. The van der Waals surface area contributed by atoms with Gasteiger partial charge in [-0.2, -0.15) is 0 Å². The number of nitrogens with one attached hydrogen (secondary N) is 2. The van der Waals surface area contributed by atoms with E-state index in [1.807, 2.05) is 6.07 Å². The summed E-state index contributed by atoms with van der Waals surface area (Å²) in [5, 5.41) is 6.49. The summed E-state index contributed by atoms with van der Waals surface area (Å²) in [5.74, 6) is 0.0526. The third-order valence-electron chi connectivity index (χ3n) is 4.30. The Bertz CT molecular complexity index is 473. The molecule has 0 saturated carbocycles. The second kappa shape index (κ2) is 7.38. The molecule has 1 fully saturated rings. The minimum atomic E-state index is 0.0526. The fourth-order valence-electron chi connectivity index (χ4n) is 2.97. The average molecular weight is 310 g/mol. The second-order valence-electron chi connectivity index (χ2n) is 5.94. The molecule has 1 aromatic rings. The number of hydrogen-bond donors (Lipinski definition) is 2. The van der Waals surface area contributed by atoms with Crippen molar-refractivity contribution >= 4 is 17.2 Å². The van der Waals surface area contributed by atoms with Gasteiger partial charge in [0.15, 0.2) is 0 Å². The summed E-state index contributed by atoms with van der Waals surface area (Å²) in [6.45, 7) is 7.60. The van der Waals surface area contributed by atoms with Crippen LogP contribution in [-0.2, 0) is 11.2 Å². The van der Waals surface area contributed by atoms with Gasteiger partial charge in [0.25, 0.3) is 5.91 Å². The molecule has 0 aromatic carbocycles. The summed E-state index contributed by atoms with van der Waals surface area (Å²) in [7, 11) is 1.74. The number of thiophene rings is 1. The van der Waals surface area contributed by atoms with Crippen LogP contribution in [0.1, 0.15) is 39.9 Å². The van der Waals surface area contributed by atoms with E-state index in [-0.39, 0.29) is 11.3 Å². The Morgan fingerprint density at radius 2 is 2.19 bits per heavy atom. The van der Waals surface area contributed by atoms with Gasteiger partial charge in [-0.25, -0.2) is 0 Å². The number of piperidine rings is 1. The maximum atomic E-state index is 12.4. The summed E-state index contributed by atoms with van der Waals surface area (Å²) in [4.78, 5) is 14.5. The Balaban J connectivity index is 1.97. The topological polar surface area (TPSA) is 50.4 Å². The van der Waals surface area contributed by atoms with E-state index in [0.717, 1.165) is 37.2 Å². The van der Waals surface area contributed by atoms with Crippen LogP contribution < -0.4 is 10.6 Å². The van der Waals surface area contributed by atoms with Gasteiger partial charge in [-0.05, 0) is 50.9 Å². The lowest BCUT2D eigenvalue weighted by atomic mass is 9.79. The number of aryl methyl sites for hydroxylation is 2. The van der Waals surface area contributed by atoms with Gasteiger partial charge in [0.1, 0.15) is 0 Å². The zero-order chi connectivity index (χ0) is 15.3. The van der Waals surface area contributed by atoms with E-state index in [2.05, 4.69) is 24.5 Å². The van der Waals surface area contributed by atoms with Crippen LogP contribution >= 0.6 is 11.3 Å². The maximum absolute atomic E-state index is 12.4. The van der Waals surface area contributed by atoms with Gasteiger partial charge in [-0.15, -0.1) is 11.3 Å². The summed E-state index contributed by atoms with van der Waals surface area (Å²) in [6.07, 6.45) is 3.08. The molecule has 4 nitrogen and oxygen atoms in total. The van der Waals surface area contributed by atoms with Crippen LogP contribution in [0.25, 0.3) is 0 Å². The first kappa shape index (κ1) is 16.5. The summed E-state index contributed by atoms with van der Waals surface area (Å²) < 4.78 is 5.39. The maximum Gasteiger partial charge on any atom is 0.261 e. The quantitative estimate of drug-likeness (QED) is 0.848. The zero-order valence-electron chi connectivity index (χ0n) is 13.3. The van der Waals surface area contributed by atoms with Crippen molar-refractivity contribution in [1.29, 1.82) is 0 Å². The van der Waals surface area contributed by atoms with Gasteiger partial charge in [-0.1, -0.05) is 6.92 Å². The van der Waals surface area contributed by atoms with Crippen LogP contribution in [0, 0.1) is 12.3 Å². The molecule has 2 N–H and O–H groups in total. The molecular weight excluding hydrogens is 284 g/mol. The number of carbonyl (C=O) groups is 1. The Morgan fingerprint density at radius 1 is 1.48 bits per heavy atom. The van der Waals surface area contributed by atoms with Crippen LogP contribution in [0.5, 0.6) is 0 Å². The molecule has 1 aliphatic heterocycles. The van der Waals surface area contributed by atoms with Crippen molar-refractivity contribution in [3.8, 4) is 0 Å². The summed E-state index contributed by atoms with van der Waals surface area (Å²) >= 11 is 1.61. The molecule has 2 heterocycles. The normalized spacial score (nSPS) is 17.7. The van der Waals surface area contributed by atoms with Crippen LogP contribution in [0.3, 0.4) is 0 Å². The van der Waals surface area contributed by atoms with Crippen LogP contribution in [0.2, 0.25) is 0 Å². The van der Waals surface area contributed by atoms with Crippen LogP contribution in [0.15, 0.2) is 6.07 Å². The molecule has 1 aromatic heterocycles. The van der Waals surface area contributed by atoms with E-state index < -0.39 is 0 Å². The van der Waals surface area contributed by atoms with Crippen molar-refractivity contribution in [3.63, 3.8) is 0 Å². The summed E-state index contributed by atoms with van der Waals surface area (Å²) in [6, 6.07) is 2.00. The molecule has 0 spiro atoms. The Labute approximate surface area is 131 Å². The van der Waals surface area contributed by atoms with Gasteiger partial charge < -0.3 is 15.4 Å². The van der Waals surface area contributed by atoms with E-state index in [1.54, 1.807) is 18.4 Å². The Morgan fingerprint density at radius 3 is 2.76 bits per heavy atom. The molecule has 1 aliphatic rings. The smallest absolute Gasteiger partial charge is 0.261 e. The van der Waals surface area contributed by atoms with E-state index in [9.17, 15) is 4.79 Å². The van der Waals surface area contributed by atoms with Gasteiger partial charge >= 0.3 is 0 Å². The largest absolute Gasteiger partial charge is 0.384 e. The highest BCUT2D eigenvalue weighted by atomic mass is 32.1. The molecule has 118 valence electrons. The highest BCUT2D eigenvalue weighted by Crippen LogP contribution is 2.29. The minimum absolute atomic E-state index is 0.0526. The lowest BCUT2D eigenvalue weighted by molar-refractivity contribution is 0.0512. The number of hydrogen-bond acceptors (Lipinski definition) is 4. The van der Waals surface area contributed by atoms with Crippen molar-refractivity contribution < 1.29 is 9.53 Å². The molecule has 0 bridgehead atoms. The fourth-order valence-corrected chi connectivity index (χ4v) is 4.00. The molecule has 1 amide bonds. The zero-order valence-corrected chi connectivity index (χ0v) is 14.1. The first-order valence-corrected chi connectivity index (χ1v) is 8.49. The summed E-state index contributed by atoms with van der Waals surface area (Å²) in [5.41, 5.74) is 1.30. The highest BCUT2D eigenvalue weighted by Gasteiger charge is 2.32. The van der Waals surface area contributed by atoms with Crippen molar-refractivity contribution in [2.24, 2.45) is 5.41 Å². The van der Waals surface area contributed by atoms with E-state index in [0.29, 0.717) is 13.2 Å². The molecule has 0 aliphatic carbocycles. The SMILES string of the molecule is CCc1sc(C(=O)NCC2(COC)CCNCC2)cc1C. The highest BCUT2D eigenvalue weighted by molar-refractivity contribution is 7.14. The van der Waals surface area contributed by atoms with Gasteiger partial charge in [0.05, 0.1) is 11.5 Å². The fraction of sp³-hybridized carbons (Fsp3) is 0.688. The molecule has 0 radical (unpaired) electrons. The van der Waals surface area contributed by atoms with Crippen LogP contribution in [0.4, 0.5) is 0 Å². The van der Waals surface area contributed by atoms with Gasteiger partial charge in [0, 0.05) is 23.9 Å². The lowest BCUT2D eigenvalue weighted by Crippen LogP contribution is -2.47. The average Bonchev–Trinajstić information content (AvgIpc) is 2.87. The second-order valence-corrected chi connectivity index (χ2v) is 7.07.